The molecule has 2 heterocycles. The maximum atomic E-state index is 11.5. The molecule has 76 valence electrons. The van der Waals surface area contributed by atoms with Crippen molar-refractivity contribution >= 4 is 32.7 Å². The summed E-state index contributed by atoms with van der Waals surface area (Å²) in [6, 6.07) is 3.25. The van der Waals surface area contributed by atoms with E-state index in [-0.39, 0.29) is 16.9 Å². The molecule has 0 amide bonds. The van der Waals surface area contributed by atoms with Gasteiger partial charge in [0.15, 0.2) is 5.78 Å². The standard InChI is InChI=1S/C10H7BrN2O2/c1-5(14)7-3-8-9(13-10(7)15)2-6(11)4-12-8/h2-4H,1H3,(H,13,15). The number of H-pyrrole nitrogens is 1. The molecular formula is C10H7BrN2O2. The van der Waals surface area contributed by atoms with Gasteiger partial charge >= 0.3 is 0 Å². The zero-order chi connectivity index (χ0) is 11.0. The predicted molar refractivity (Wildman–Crippen MR) is 60.1 cm³/mol. The highest BCUT2D eigenvalue weighted by molar-refractivity contribution is 9.10. The average Bonchev–Trinajstić information content (AvgIpc) is 2.15. The molecule has 0 saturated carbocycles. The quantitative estimate of drug-likeness (QED) is 0.802. The van der Waals surface area contributed by atoms with Crippen molar-refractivity contribution in [3.05, 3.63) is 38.7 Å². The third-order valence-corrected chi connectivity index (χ3v) is 2.47. The van der Waals surface area contributed by atoms with E-state index in [9.17, 15) is 9.59 Å². The molecule has 2 aromatic rings. The van der Waals surface area contributed by atoms with Crippen LogP contribution in [0.1, 0.15) is 17.3 Å². The van der Waals surface area contributed by atoms with Gasteiger partial charge in [-0.15, -0.1) is 0 Å². The second-order valence-corrected chi connectivity index (χ2v) is 4.07. The van der Waals surface area contributed by atoms with E-state index >= 15 is 0 Å². The highest BCUT2D eigenvalue weighted by Gasteiger charge is 2.07. The van der Waals surface area contributed by atoms with Crippen molar-refractivity contribution in [3.8, 4) is 0 Å². The van der Waals surface area contributed by atoms with Gasteiger partial charge < -0.3 is 4.98 Å². The summed E-state index contributed by atoms with van der Waals surface area (Å²) in [6.07, 6.45) is 1.62. The number of fused-ring (bicyclic) bond motifs is 1. The van der Waals surface area contributed by atoms with Crippen LogP contribution in [0.25, 0.3) is 11.0 Å². The Morgan fingerprint density at radius 1 is 1.47 bits per heavy atom. The molecule has 5 heteroatoms. The fraction of sp³-hybridized carbons (Fsp3) is 0.100. The topological polar surface area (TPSA) is 62.8 Å². The predicted octanol–water partition coefficient (Wildman–Crippen LogP) is 1.89. The maximum Gasteiger partial charge on any atom is 0.259 e. The van der Waals surface area contributed by atoms with Gasteiger partial charge in [0.25, 0.3) is 5.56 Å². The van der Waals surface area contributed by atoms with Gasteiger partial charge in [0, 0.05) is 10.7 Å². The highest BCUT2D eigenvalue weighted by Crippen LogP contribution is 2.14. The number of pyridine rings is 2. The number of carbonyl (C=O) groups excluding carboxylic acids is 1. The van der Waals surface area contributed by atoms with Gasteiger partial charge in [0.05, 0.1) is 16.6 Å². The molecule has 0 aliphatic rings. The second-order valence-electron chi connectivity index (χ2n) is 3.15. The summed E-state index contributed by atoms with van der Waals surface area (Å²) in [5.74, 6) is -0.261. The summed E-state index contributed by atoms with van der Waals surface area (Å²) in [4.78, 5) is 29.3. The van der Waals surface area contributed by atoms with Crippen LogP contribution in [-0.2, 0) is 0 Å². The number of aromatic amines is 1. The molecule has 0 spiro atoms. The van der Waals surface area contributed by atoms with Gasteiger partial charge in [0.1, 0.15) is 0 Å². The summed E-state index contributed by atoms with van der Waals surface area (Å²) < 4.78 is 0.779. The molecule has 0 saturated heterocycles. The molecule has 4 nitrogen and oxygen atoms in total. The number of nitrogens with zero attached hydrogens (tertiary/aromatic N) is 1. The van der Waals surface area contributed by atoms with E-state index in [0.29, 0.717) is 11.0 Å². The Balaban J connectivity index is 2.82. The number of rotatable bonds is 1. The number of aromatic nitrogens is 2. The normalized spacial score (nSPS) is 10.5. The van der Waals surface area contributed by atoms with Crippen LogP contribution in [0.15, 0.2) is 27.6 Å². The van der Waals surface area contributed by atoms with E-state index < -0.39 is 0 Å². The Morgan fingerprint density at radius 3 is 2.87 bits per heavy atom. The number of hydrogen-bond donors (Lipinski definition) is 1. The first-order chi connectivity index (χ1) is 7.08. The summed E-state index contributed by atoms with van der Waals surface area (Å²) >= 11 is 3.25. The van der Waals surface area contributed by atoms with E-state index in [1.807, 2.05) is 0 Å². The molecule has 0 radical (unpaired) electrons. The maximum absolute atomic E-state index is 11.5. The number of nitrogens with one attached hydrogen (secondary N) is 1. The van der Waals surface area contributed by atoms with Crippen molar-refractivity contribution in [2.24, 2.45) is 0 Å². The molecule has 0 aliphatic carbocycles. The third kappa shape index (κ3) is 1.83. The fourth-order valence-electron chi connectivity index (χ4n) is 1.32. The molecule has 2 aromatic heterocycles. The van der Waals surface area contributed by atoms with Crippen LogP contribution < -0.4 is 5.56 Å². The van der Waals surface area contributed by atoms with E-state index in [4.69, 9.17) is 0 Å². The van der Waals surface area contributed by atoms with E-state index in [1.165, 1.54) is 13.0 Å². The van der Waals surface area contributed by atoms with Crippen LogP contribution >= 0.6 is 15.9 Å². The lowest BCUT2D eigenvalue weighted by atomic mass is 10.2. The zero-order valence-corrected chi connectivity index (χ0v) is 9.46. The minimum absolute atomic E-state index is 0.136. The first-order valence-corrected chi connectivity index (χ1v) is 5.07. The largest absolute Gasteiger partial charge is 0.320 e. The van der Waals surface area contributed by atoms with Gasteiger partial charge in [-0.1, -0.05) is 0 Å². The summed E-state index contributed by atoms with van der Waals surface area (Å²) in [7, 11) is 0. The van der Waals surface area contributed by atoms with Gasteiger partial charge in [-0.3, -0.25) is 14.6 Å². The third-order valence-electron chi connectivity index (χ3n) is 2.04. The van der Waals surface area contributed by atoms with Crippen molar-refractivity contribution < 1.29 is 4.79 Å². The van der Waals surface area contributed by atoms with Crippen LogP contribution in [-0.4, -0.2) is 15.8 Å². The Hall–Kier alpha value is -1.49. The summed E-state index contributed by atoms with van der Waals surface area (Å²) in [6.45, 7) is 1.36. The van der Waals surface area contributed by atoms with Gasteiger partial charge in [0.2, 0.25) is 0 Å². The van der Waals surface area contributed by atoms with Gasteiger partial charge in [-0.2, -0.15) is 0 Å². The van der Waals surface area contributed by atoms with Crippen LogP contribution in [0.2, 0.25) is 0 Å². The molecule has 1 N–H and O–H groups in total. The SMILES string of the molecule is CC(=O)c1cc2ncc(Br)cc2[nH]c1=O. The van der Waals surface area contributed by atoms with Crippen molar-refractivity contribution in [1.29, 1.82) is 0 Å². The first kappa shape index (κ1) is 10.0. The monoisotopic (exact) mass is 266 g/mol. The minimum Gasteiger partial charge on any atom is -0.320 e. The number of hydrogen-bond acceptors (Lipinski definition) is 3. The first-order valence-electron chi connectivity index (χ1n) is 4.27. The van der Waals surface area contributed by atoms with Crippen molar-refractivity contribution in [1.82, 2.24) is 9.97 Å². The molecule has 0 bridgehead atoms. The van der Waals surface area contributed by atoms with Gasteiger partial charge in [-0.05, 0) is 35.0 Å². The Labute approximate surface area is 93.5 Å². The molecule has 0 aromatic carbocycles. The summed E-state index contributed by atoms with van der Waals surface area (Å²) in [5, 5.41) is 0. The molecule has 2 rings (SSSR count). The fourth-order valence-corrected chi connectivity index (χ4v) is 1.65. The molecular weight excluding hydrogens is 260 g/mol. The molecule has 0 fully saturated rings. The minimum atomic E-state index is -0.380. The molecule has 0 unspecified atom stereocenters. The van der Waals surface area contributed by atoms with E-state index in [2.05, 4.69) is 25.9 Å². The molecule has 15 heavy (non-hydrogen) atoms. The van der Waals surface area contributed by atoms with E-state index in [0.717, 1.165) is 4.47 Å². The summed E-state index contributed by atoms with van der Waals surface area (Å²) in [5.41, 5.74) is 0.967. The van der Waals surface area contributed by atoms with Crippen LogP contribution in [0, 0.1) is 0 Å². The number of ketones is 1. The highest BCUT2D eigenvalue weighted by atomic mass is 79.9. The van der Waals surface area contributed by atoms with Crippen molar-refractivity contribution in [2.75, 3.05) is 0 Å². The van der Waals surface area contributed by atoms with Crippen molar-refractivity contribution in [2.45, 2.75) is 6.92 Å². The average molecular weight is 267 g/mol. The smallest absolute Gasteiger partial charge is 0.259 e. The molecule has 0 atom stereocenters. The number of halogens is 1. The molecule has 0 aliphatic heterocycles. The number of carbonyl (C=O) groups is 1. The zero-order valence-electron chi connectivity index (χ0n) is 7.87. The van der Waals surface area contributed by atoms with Crippen LogP contribution in [0.4, 0.5) is 0 Å². The van der Waals surface area contributed by atoms with Crippen LogP contribution in [0.3, 0.4) is 0 Å². The lowest BCUT2D eigenvalue weighted by Crippen LogP contribution is -2.15. The Morgan fingerprint density at radius 2 is 2.20 bits per heavy atom. The van der Waals surface area contributed by atoms with Crippen LogP contribution in [0.5, 0.6) is 0 Å². The lowest BCUT2D eigenvalue weighted by molar-refractivity contribution is 0.101. The Bertz CT molecular complexity index is 604. The van der Waals surface area contributed by atoms with E-state index in [1.54, 1.807) is 12.3 Å². The lowest BCUT2D eigenvalue weighted by Gasteiger charge is -1.99. The Kier molecular flexibility index (Phi) is 2.40. The van der Waals surface area contributed by atoms with Gasteiger partial charge in [-0.25, -0.2) is 0 Å². The second kappa shape index (κ2) is 3.58. The van der Waals surface area contributed by atoms with Crippen molar-refractivity contribution in [3.63, 3.8) is 0 Å². The number of Topliss-reactive ketones (excluding diaryl/α,β-unsaturated/α-hetero) is 1.